The number of halogens is 3. The molecule has 2 heterocycles. The zero-order valence-electron chi connectivity index (χ0n) is 9.71. The average molecular weight is 243 g/mol. The lowest BCUT2D eigenvalue weighted by Crippen LogP contribution is -2.28. The van der Waals surface area contributed by atoms with Crippen LogP contribution in [0.2, 0.25) is 0 Å². The number of alkyl halides is 3. The van der Waals surface area contributed by atoms with Crippen LogP contribution in [0.1, 0.15) is 26.5 Å². The number of nitrogens with zero attached hydrogens (tertiary/aromatic N) is 3. The van der Waals surface area contributed by atoms with E-state index >= 15 is 0 Å². The number of aromatic nitrogens is 3. The van der Waals surface area contributed by atoms with Crippen molar-refractivity contribution in [1.29, 1.82) is 0 Å². The molecule has 0 aliphatic carbocycles. The van der Waals surface area contributed by atoms with Crippen LogP contribution in [0.15, 0.2) is 18.3 Å². The highest BCUT2D eigenvalue weighted by Crippen LogP contribution is 2.36. The molecule has 0 saturated heterocycles. The molecule has 17 heavy (non-hydrogen) atoms. The highest BCUT2D eigenvalue weighted by Gasteiger charge is 2.40. The fourth-order valence-electron chi connectivity index (χ4n) is 1.68. The zero-order valence-corrected chi connectivity index (χ0v) is 9.71. The van der Waals surface area contributed by atoms with Crippen LogP contribution in [0.25, 0.3) is 11.0 Å². The van der Waals surface area contributed by atoms with E-state index in [2.05, 4.69) is 10.1 Å². The maximum atomic E-state index is 13.1. The van der Waals surface area contributed by atoms with Crippen LogP contribution < -0.4 is 0 Å². The predicted molar refractivity (Wildman–Crippen MR) is 57.5 cm³/mol. The minimum absolute atomic E-state index is 0.0370. The first kappa shape index (κ1) is 11.9. The number of pyridine rings is 1. The molecule has 0 aliphatic heterocycles. The molecule has 0 amide bonds. The Morgan fingerprint density at radius 1 is 1.18 bits per heavy atom. The molecule has 3 nitrogen and oxygen atoms in total. The third-order valence-electron chi connectivity index (χ3n) is 2.35. The molecule has 0 atom stereocenters. The molecule has 0 saturated carbocycles. The normalized spacial score (nSPS) is 13.3. The summed E-state index contributed by atoms with van der Waals surface area (Å²) in [6, 6.07) is 2.87. The Labute approximate surface area is 96.3 Å². The monoisotopic (exact) mass is 243 g/mol. The van der Waals surface area contributed by atoms with Crippen molar-refractivity contribution in [3.63, 3.8) is 0 Å². The molecule has 0 N–H and O–H groups in total. The molecule has 0 fully saturated rings. The van der Waals surface area contributed by atoms with Gasteiger partial charge in [-0.2, -0.15) is 18.3 Å². The van der Waals surface area contributed by atoms with Crippen molar-refractivity contribution in [1.82, 2.24) is 14.8 Å². The molecule has 92 valence electrons. The minimum atomic E-state index is -4.44. The molecular weight excluding hydrogens is 231 g/mol. The van der Waals surface area contributed by atoms with E-state index in [0.717, 1.165) is 4.68 Å². The molecule has 6 heteroatoms. The van der Waals surface area contributed by atoms with Crippen molar-refractivity contribution in [2.75, 3.05) is 0 Å². The van der Waals surface area contributed by atoms with Gasteiger partial charge in [0.25, 0.3) is 0 Å². The number of hydrogen-bond acceptors (Lipinski definition) is 2. The number of rotatable bonds is 0. The highest BCUT2D eigenvalue weighted by atomic mass is 19.4. The van der Waals surface area contributed by atoms with Crippen molar-refractivity contribution in [2.24, 2.45) is 0 Å². The Balaban J connectivity index is 2.84. The van der Waals surface area contributed by atoms with Crippen molar-refractivity contribution in [3.05, 3.63) is 24.0 Å². The van der Waals surface area contributed by atoms with Crippen molar-refractivity contribution in [2.45, 2.75) is 32.5 Å². The van der Waals surface area contributed by atoms with Gasteiger partial charge in [-0.15, -0.1) is 0 Å². The van der Waals surface area contributed by atoms with E-state index in [9.17, 15) is 13.2 Å². The van der Waals surface area contributed by atoms with Gasteiger partial charge in [-0.1, -0.05) is 0 Å². The summed E-state index contributed by atoms with van der Waals surface area (Å²) in [5.41, 5.74) is -1.37. The minimum Gasteiger partial charge on any atom is -0.252 e. The maximum Gasteiger partial charge on any atom is 0.433 e. The first-order chi connectivity index (χ1) is 7.71. The van der Waals surface area contributed by atoms with Crippen LogP contribution in [0.5, 0.6) is 0 Å². The Kier molecular flexibility index (Phi) is 2.41. The van der Waals surface area contributed by atoms with Crippen molar-refractivity contribution < 1.29 is 13.2 Å². The largest absolute Gasteiger partial charge is 0.433 e. The Morgan fingerprint density at radius 2 is 1.82 bits per heavy atom. The van der Waals surface area contributed by atoms with Crippen LogP contribution >= 0.6 is 0 Å². The second-order valence-electron chi connectivity index (χ2n) is 4.80. The lowest BCUT2D eigenvalue weighted by atomic mass is 10.1. The number of fused-ring (bicyclic) bond motifs is 1. The van der Waals surface area contributed by atoms with Crippen LogP contribution in [-0.4, -0.2) is 14.8 Å². The van der Waals surface area contributed by atoms with Crippen LogP contribution in [0.4, 0.5) is 13.2 Å². The molecule has 2 aromatic rings. The predicted octanol–water partition coefficient (Wildman–Crippen LogP) is 3.21. The van der Waals surface area contributed by atoms with Crippen molar-refractivity contribution in [3.8, 4) is 0 Å². The molecule has 0 aromatic carbocycles. The second kappa shape index (κ2) is 3.45. The fraction of sp³-hybridized carbons (Fsp3) is 0.455. The zero-order chi connectivity index (χ0) is 12.8. The van der Waals surface area contributed by atoms with E-state index in [1.807, 2.05) is 0 Å². The van der Waals surface area contributed by atoms with Gasteiger partial charge in [0.15, 0.2) is 11.3 Å². The first-order valence-electron chi connectivity index (χ1n) is 5.12. The van der Waals surface area contributed by atoms with Gasteiger partial charge >= 0.3 is 6.18 Å². The van der Waals surface area contributed by atoms with Crippen LogP contribution in [0.3, 0.4) is 0 Å². The molecule has 0 spiro atoms. The number of hydrogen-bond donors (Lipinski definition) is 0. The molecule has 2 aromatic heterocycles. The maximum absolute atomic E-state index is 13.1. The van der Waals surface area contributed by atoms with Crippen molar-refractivity contribution >= 4 is 11.0 Å². The standard InChI is InChI=1S/C11H12F3N3/c1-10(2,3)17-8(11(12,13)14)7-5-4-6-15-9(7)16-17/h4-6H,1-3H3. The molecule has 0 bridgehead atoms. The summed E-state index contributed by atoms with van der Waals surface area (Å²) < 4.78 is 40.2. The third kappa shape index (κ3) is 1.99. The summed E-state index contributed by atoms with van der Waals surface area (Å²) in [5, 5.41) is 3.97. The van der Waals surface area contributed by atoms with Gasteiger partial charge in [-0.25, -0.2) is 4.98 Å². The average Bonchev–Trinajstić information content (AvgIpc) is 2.54. The molecular formula is C11H12F3N3. The second-order valence-corrected chi connectivity index (χ2v) is 4.80. The van der Waals surface area contributed by atoms with Gasteiger partial charge in [0.1, 0.15) is 0 Å². The third-order valence-corrected chi connectivity index (χ3v) is 2.35. The summed E-state index contributed by atoms with van der Waals surface area (Å²) >= 11 is 0. The van der Waals surface area contributed by atoms with Gasteiger partial charge in [0.2, 0.25) is 0 Å². The lowest BCUT2D eigenvalue weighted by molar-refractivity contribution is -0.144. The Hall–Kier alpha value is -1.59. The lowest BCUT2D eigenvalue weighted by Gasteiger charge is -2.23. The van der Waals surface area contributed by atoms with E-state index in [-0.39, 0.29) is 11.0 Å². The van der Waals surface area contributed by atoms with Crippen LogP contribution in [-0.2, 0) is 11.7 Å². The summed E-state index contributed by atoms with van der Waals surface area (Å²) in [4.78, 5) is 3.86. The summed E-state index contributed by atoms with van der Waals surface area (Å²) in [6.45, 7) is 5.02. The van der Waals surface area contributed by atoms with E-state index in [0.29, 0.717) is 0 Å². The molecule has 0 unspecified atom stereocenters. The first-order valence-corrected chi connectivity index (χ1v) is 5.12. The SMILES string of the molecule is CC(C)(C)n1nc2ncccc2c1C(F)(F)F. The quantitative estimate of drug-likeness (QED) is 0.711. The Morgan fingerprint density at radius 3 is 2.35 bits per heavy atom. The van der Waals surface area contributed by atoms with E-state index in [4.69, 9.17) is 0 Å². The molecule has 0 aliphatic rings. The van der Waals surface area contributed by atoms with Gasteiger partial charge in [-0.3, -0.25) is 4.68 Å². The van der Waals surface area contributed by atoms with Gasteiger partial charge in [0.05, 0.1) is 10.9 Å². The highest BCUT2D eigenvalue weighted by molar-refractivity contribution is 5.78. The summed E-state index contributed by atoms with van der Waals surface area (Å²) in [7, 11) is 0. The topological polar surface area (TPSA) is 30.7 Å². The van der Waals surface area contributed by atoms with Crippen LogP contribution in [0, 0.1) is 0 Å². The molecule has 0 radical (unpaired) electrons. The smallest absolute Gasteiger partial charge is 0.252 e. The van der Waals surface area contributed by atoms with E-state index in [1.165, 1.54) is 18.3 Å². The van der Waals surface area contributed by atoms with Gasteiger partial charge in [0, 0.05) is 6.20 Å². The fourth-order valence-corrected chi connectivity index (χ4v) is 1.68. The Bertz CT molecular complexity index is 549. The van der Waals surface area contributed by atoms with E-state index < -0.39 is 17.4 Å². The summed E-state index contributed by atoms with van der Waals surface area (Å²) in [6.07, 6.45) is -3.01. The summed E-state index contributed by atoms with van der Waals surface area (Å²) in [5.74, 6) is 0. The van der Waals surface area contributed by atoms with Gasteiger partial charge in [-0.05, 0) is 32.9 Å². The van der Waals surface area contributed by atoms with E-state index in [1.54, 1.807) is 20.8 Å². The van der Waals surface area contributed by atoms with Gasteiger partial charge < -0.3 is 0 Å². The molecule has 2 rings (SSSR count).